The predicted molar refractivity (Wildman–Crippen MR) is 80.8 cm³/mol. The summed E-state index contributed by atoms with van der Waals surface area (Å²) in [5, 5.41) is 12.2. The normalized spacial score (nSPS) is 19.9. The topological polar surface area (TPSA) is 61.8 Å². The lowest BCUT2D eigenvalue weighted by Crippen LogP contribution is -2.50. The third-order valence-electron chi connectivity index (χ3n) is 3.31. The van der Waals surface area contributed by atoms with Crippen molar-refractivity contribution in [2.45, 2.75) is 13.0 Å². The first-order valence-electron chi connectivity index (χ1n) is 6.59. The quantitative estimate of drug-likeness (QED) is 0.867. The van der Waals surface area contributed by atoms with Crippen LogP contribution in [0.1, 0.15) is 5.56 Å². The number of nitrogens with one attached hydrogen (secondary N) is 1. The van der Waals surface area contributed by atoms with Crippen LogP contribution in [0.4, 0.5) is 5.69 Å². The Morgan fingerprint density at radius 2 is 2.40 bits per heavy atom. The van der Waals surface area contributed by atoms with Gasteiger partial charge in [0.2, 0.25) is 5.91 Å². The van der Waals surface area contributed by atoms with Crippen LogP contribution >= 0.6 is 15.9 Å². The van der Waals surface area contributed by atoms with Crippen LogP contribution in [0.15, 0.2) is 22.7 Å². The summed E-state index contributed by atoms with van der Waals surface area (Å²) in [4.78, 5) is 14.0. The van der Waals surface area contributed by atoms with Gasteiger partial charge in [-0.25, -0.2) is 0 Å². The molecule has 1 saturated heterocycles. The second kappa shape index (κ2) is 7.17. The maximum Gasteiger partial charge on any atom is 0.238 e. The van der Waals surface area contributed by atoms with Crippen molar-refractivity contribution in [1.29, 1.82) is 0 Å². The Morgan fingerprint density at radius 3 is 3.10 bits per heavy atom. The number of aryl methyl sites for hydroxylation is 1. The van der Waals surface area contributed by atoms with Crippen molar-refractivity contribution < 1.29 is 14.6 Å². The van der Waals surface area contributed by atoms with Crippen molar-refractivity contribution in [3.63, 3.8) is 0 Å². The standard InChI is InChI=1S/C14H19BrN2O3/c1-10-2-3-13(12(15)6-10)16-14(19)7-17-4-5-20-9-11(17)8-18/h2-3,6,11,18H,4-5,7-9H2,1H3,(H,16,19). The number of ether oxygens (including phenoxy) is 1. The summed E-state index contributed by atoms with van der Waals surface area (Å²) in [6.45, 7) is 3.98. The molecule has 2 N–H and O–H groups in total. The van der Waals surface area contributed by atoms with E-state index in [4.69, 9.17) is 4.74 Å². The second-order valence-corrected chi connectivity index (χ2v) is 5.77. The monoisotopic (exact) mass is 342 g/mol. The summed E-state index contributed by atoms with van der Waals surface area (Å²) < 4.78 is 6.16. The molecule has 1 unspecified atom stereocenters. The van der Waals surface area contributed by atoms with Crippen molar-refractivity contribution >= 4 is 27.5 Å². The van der Waals surface area contributed by atoms with E-state index >= 15 is 0 Å². The molecule has 1 aromatic carbocycles. The van der Waals surface area contributed by atoms with Crippen LogP contribution in [0, 0.1) is 6.92 Å². The van der Waals surface area contributed by atoms with Crippen LogP contribution in [0.5, 0.6) is 0 Å². The molecule has 1 aromatic rings. The minimum Gasteiger partial charge on any atom is -0.395 e. The largest absolute Gasteiger partial charge is 0.395 e. The number of benzene rings is 1. The molecule has 5 nitrogen and oxygen atoms in total. The van der Waals surface area contributed by atoms with Gasteiger partial charge in [-0.05, 0) is 40.5 Å². The molecule has 0 spiro atoms. The zero-order valence-corrected chi connectivity index (χ0v) is 13.0. The Labute approximate surface area is 127 Å². The number of amides is 1. The minimum absolute atomic E-state index is 0.00149. The van der Waals surface area contributed by atoms with Gasteiger partial charge in [-0.1, -0.05) is 6.07 Å². The van der Waals surface area contributed by atoms with Crippen molar-refractivity contribution in [1.82, 2.24) is 4.90 Å². The fourth-order valence-corrected chi connectivity index (χ4v) is 2.75. The SMILES string of the molecule is Cc1ccc(NC(=O)CN2CCOCC2CO)c(Br)c1. The number of carbonyl (C=O) groups excluding carboxylic acids is 1. The summed E-state index contributed by atoms with van der Waals surface area (Å²) in [6.07, 6.45) is 0. The molecule has 1 fully saturated rings. The van der Waals surface area contributed by atoms with E-state index in [9.17, 15) is 9.90 Å². The molecule has 0 saturated carbocycles. The first-order chi connectivity index (χ1) is 9.60. The van der Waals surface area contributed by atoms with E-state index in [0.717, 1.165) is 15.7 Å². The van der Waals surface area contributed by atoms with Gasteiger partial charge in [-0.15, -0.1) is 0 Å². The maximum absolute atomic E-state index is 12.1. The Bertz CT molecular complexity index is 481. The van der Waals surface area contributed by atoms with Crippen molar-refractivity contribution in [2.24, 2.45) is 0 Å². The molecule has 1 atom stereocenters. The maximum atomic E-state index is 12.1. The lowest BCUT2D eigenvalue weighted by Gasteiger charge is -2.33. The molecule has 6 heteroatoms. The van der Waals surface area contributed by atoms with E-state index in [2.05, 4.69) is 21.2 Å². The molecule has 1 aliphatic rings. The Balaban J connectivity index is 1.94. The zero-order chi connectivity index (χ0) is 14.5. The van der Waals surface area contributed by atoms with Crippen molar-refractivity contribution in [3.8, 4) is 0 Å². The summed E-state index contributed by atoms with van der Waals surface area (Å²) >= 11 is 3.44. The number of halogens is 1. The smallest absolute Gasteiger partial charge is 0.238 e. The zero-order valence-electron chi connectivity index (χ0n) is 11.4. The summed E-state index contributed by atoms with van der Waals surface area (Å²) in [6, 6.07) is 5.68. The average molecular weight is 343 g/mol. The fourth-order valence-electron chi connectivity index (χ4n) is 2.16. The highest BCUT2D eigenvalue weighted by Gasteiger charge is 2.24. The molecule has 110 valence electrons. The van der Waals surface area contributed by atoms with E-state index in [1.54, 1.807) is 0 Å². The number of aliphatic hydroxyl groups excluding tert-OH is 1. The van der Waals surface area contributed by atoms with Crippen LogP contribution in [0.25, 0.3) is 0 Å². The summed E-state index contributed by atoms with van der Waals surface area (Å²) in [5.41, 5.74) is 1.89. The highest BCUT2D eigenvalue weighted by atomic mass is 79.9. The number of anilines is 1. The van der Waals surface area contributed by atoms with Crippen LogP contribution in [0.2, 0.25) is 0 Å². The van der Waals surface area contributed by atoms with E-state index in [0.29, 0.717) is 19.8 Å². The Kier molecular flexibility index (Phi) is 5.54. The molecule has 1 amide bonds. The predicted octanol–water partition coefficient (Wildman–Crippen LogP) is 1.39. The number of rotatable bonds is 4. The van der Waals surface area contributed by atoms with Gasteiger partial charge in [-0.2, -0.15) is 0 Å². The number of aliphatic hydroxyl groups is 1. The van der Waals surface area contributed by atoms with Gasteiger partial charge in [-0.3, -0.25) is 9.69 Å². The minimum atomic E-state index is -0.101. The number of morpholine rings is 1. The van der Waals surface area contributed by atoms with E-state index in [1.807, 2.05) is 30.0 Å². The molecule has 2 rings (SSSR count). The third-order valence-corrected chi connectivity index (χ3v) is 3.96. The molecule has 0 aliphatic carbocycles. The summed E-state index contributed by atoms with van der Waals surface area (Å²) in [5.74, 6) is -0.0881. The highest BCUT2D eigenvalue weighted by molar-refractivity contribution is 9.10. The molecule has 1 aliphatic heterocycles. The number of hydrogen-bond donors (Lipinski definition) is 2. The third kappa shape index (κ3) is 4.02. The molecule has 1 heterocycles. The highest BCUT2D eigenvalue weighted by Crippen LogP contribution is 2.23. The van der Waals surface area contributed by atoms with Gasteiger partial charge in [0.05, 0.1) is 38.1 Å². The fraction of sp³-hybridized carbons (Fsp3) is 0.500. The number of nitrogens with zero attached hydrogens (tertiary/aromatic N) is 1. The Morgan fingerprint density at radius 1 is 1.60 bits per heavy atom. The van der Waals surface area contributed by atoms with Gasteiger partial charge in [0.1, 0.15) is 0 Å². The lowest BCUT2D eigenvalue weighted by atomic mass is 10.2. The first-order valence-corrected chi connectivity index (χ1v) is 7.38. The van der Waals surface area contributed by atoms with Crippen molar-refractivity contribution in [3.05, 3.63) is 28.2 Å². The molecule has 0 radical (unpaired) electrons. The van der Waals surface area contributed by atoms with Crippen LogP contribution in [0.3, 0.4) is 0 Å². The second-order valence-electron chi connectivity index (χ2n) is 4.91. The Hall–Kier alpha value is -0.950. The van der Waals surface area contributed by atoms with Crippen LogP contribution in [-0.4, -0.2) is 54.9 Å². The van der Waals surface area contributed by atoms with Crippen LogP contribution in [-0.2, 0) is 9.53 Å². The lowest BCUT2D eigenvalue weighted by molar-refractivity contribution is -0.120. The summed E-state index contributed by atoms with van der Waals surface area (Å²) in [7, 11) is 0. The van der Waals surface area contributed by atoms with E-state index in [-0.39, 0.29) is 25.1 Å². The molecular formula is C14H19BrN2O3. The van der Waals surface area contributed by atoms with Crippen LogP contribution < -0.4 is 5.32 Å². The molecule has 0 bridgehead atoms. The number of carbonyl (C=O) groups is 1. The number of hydrogen-bond acceptors (Lipinski definition) is 4. The van der Waals surface area contributed by atoms with Gasteiger partial charge < -0.3 is 15.2 Å². The van der Waals surface area contributed by atoms with E-state index < -0.39 is 0 Å². The van der Waals surface area contributed by atoms with Gasteiger partial charge in [0, 0.05) is 11.0 Å². The van der Waals surface area contributed by atoms with Gasteiger partial charge in [0.15, 0.2) is 0 Å². The average Bonchev–Trinajstić information content (AvgIpc) is 2.42. The van der Waals surface area contributed by atoms with Crippen molar-refractivity contribution in [2.75, 3.05) is 38.2 Å². The van der Waals surface area contributed by atoms with Gasteiger partial charge >= 0.3 is 0 Å². The first kappa shape index (κ1) is 15.4. The van der Waals surface area contributed by atoms with E-state index in [1.165, 1.54) is 0 Å². The van der Waals surface area contributed by atoms with Gasteiger partial charge in [0.25, 0.3) is 0 Å². The molecular weight excluding hydrogens is 324 g/mol. The molecule has 20 heavy (non-hydrogen) atoms. The molecule has 0 aromatic heterocycles.